The van der Waals surface area contributed by atoms with Gasteiger partial charge in [0.05, 0.1) is 17.5 Å². The monoisotopic (exact) mass is 234 g/mol. The minimum absolute atomic E-state index is 0.958. The molecule has 0 fully saturated rings. The van der Waals surface area contributed by atoms with Gasteiger partial charge < -0.3 is 5.32 Å². The fraction of sp³-hybridized carbons (Fsp3) is 0. The summed E-state index contributed by atoms with van der Waals surface area (Å²) in [6.07, 6.45) is 8.77. The number of anilines is 1. The minimum Gasteiger partial charge on any atom is -0.315 e. The van der Waals surface area contributed by atoms with Gasteiger partial charge in [-0.3, -0.25) is 0 Å². The number of pyridine rings is 1. The Balaban J connectivity index is 0.000000111. The number of rotatable bonds is 1. The minimum atomic E-state index is 0.958. The van der Waals surface area contributed by atoms with E-state index in [0.717, 1.165) is 17.0 Å². The number of aromatic nitrogens is 3. The predicted molar refractivity (Wildman–Crippen MR) is 70.9 cm³/mol. The lowest BCUT2D eigenvalue weighted by Gasteiger charge is -2.06. The summed E-state index contributed by atoms with van der Waals surface area (Å²) in [6, 6.07) is 13.9. The Morgan fingerprint density at radius 1 is 1.17 bits per heavy atom. The highest BCUT2D eigenvalue weighted by Gasteiger charge is 2.17. The molecule has 4 heteroatoms. The zero-order valence-electron chi connectivity index (χ0n) is 9.54. The molecule has 2 aliphatic rings. The Kier molecular flexibility index (Phi) is 2.43. The van der Waals surface area contributed by atoms with E-state index in [1.54, 1.807) is 4.52 Å². The molecule has 0 radical (unpaired) electrons. The normalized spacial score (nSPS) is 10.2. The van der Waals surface area contributed by atoms with E-state index in [1.165, 1.54) is 5.56 Å². The maximum atomic E-state index is 5.00. The van der Waals surface area contributed by atoms with Crippen molar-refractivity contribution in [2.24, 2.45) is 0 Å². The van der Waals surface area contributed by atoms with Gasteiger partial charge >= 0.3 is 0 Å². The number of hydrogen-bond acceptors (Lipinski definition) is 3. The van der Waals surface area contributed by atoms with E-state index in [4.69, 9.17) is 6.42 Å². The van der Waals surface area contributed by atoms with Crippen LogP contribution in [-0.4, -0.2) is 14.6 Å². The van der Waals surface area contributed by atoms with Crippen LogP contribution in [0.1, 0.15) is 0 Å². The Bertz CT molecular complexity index is 717. The Morgan fingerprint density at radius 3 is 2.61 bits per heavy atom. The van der Waals surface area contributed by atoms with Gasteiger partial charge in [0.2, 0.25) is 0 Å². The second-order valence-electron chi connectivity index (χ2n) is 3.77. The number of nitrogens with one attached hydrogen (secondary N) is 1. The molecule has 4 heterocycles. The summed E-state index contributed by atoms with van der Waals surface area (Å²) in [6.45, 7) is 0. The molecule has 0 atom stereocenters. The lowest BCUT2D eigenvalue weighted by atomic mass is 10.2. The maximum Gasteiger partial charge on any atom is 0.164 e. The van der Waals surface area contributed by atoms with Gasteiger partial charge in [0.15, 0.2) is 5.65 Å². The van der Waals surface area contributed by atoms with Crippen LogP contribution in [0, 0.1) is 12.5 Å². The summed E-state index contributed by atoms with van der Waals surface area (Å²) in [4.78, 5) is 4.16. The van der Waals surface area contributed by atoms with Crippen LogP contribution in [0.3, 0.4) is 0 Å². The Hall–Kier alpha value is -2.80. The van der Waals surface area contributed by atoms with Crippen molar-refractivity contribution in [3.63, 3.8) is 0 Å². The van der Waals surface area contributed by atoms with Crippen molar-refractivity contribution in [3.8, 4) is 23.7 Å². The molecule has 3 aromatic rings. The first-order chi connectivity index (χ1) is 8.88. The fourth-order valence-electron chi connectivity index (χ4n) is 1.75. The second-order valence-corrected chi connectivity index (χ2v) is 3.77. The maximum absolute atomic E-state index is 5.00. The number of para-hydroxylation sites is 1. The van der Waals surface area contributed by atoms with Crippen LogP contribution < -0.4 is 5.32 Å². The molecule has 18 heavy (non-hydrogen) atoms. The van der Waals surface area contributed by atoms with Crippen LogP contribution in [0.15, 0.2) is 48.8 Å². The average molecular weight is 234 g/mol. The van der Waals surface area contributed by atoms with E-state index in [1.807, 2.05) is 48.8 Å². The van der Waals surface area contributed by atoms with Crippen molar-refractivity contribution in [1.29, 1.82) is 0 Å². The molecule has 0 spiro atoms. The van der Waals surface area contributed by atoms with Gasteiger partial charge in [-0.05, 0) is 18.2 Å². The molecule has 0 amide bonds. The summed E-state index contributed by atoms with van der Waals surface area (Å²) in [5, 5.41) is 6.79. The highest BCUT2D eigenvalue weighted by Crippen LogP contribution is 2.29. The fourth-order valence-corrected chi connectivity index (χ4v) is 1.75. The van der Waals surface area contributed by atoms with Gasteiger partial charge in [-0.2, -0.15) is 5.10 Å². The van der Waals surface area contributed by atoms with E-state index < -0.39 is 0 Å². The molecule has 2 aliphatic heterocycles. The molecule has 0 unspecified atom stereocenters. The van der Waals surface area contributed by atoms with Gasteiger partial charge in [-0.25, -0.2) is 9.50 Å². The third-order valence-corrected chi connectivity index (χ3v) is 2.64. The molecule has 86 valence electrons. The quantitative estimate of drug-likeness (QED) is 0.406. The average Bonchev–Trinajstić information content (AvgIpc) is 2.62. The lowest BCUT2D eigenvalue weighted by molar-refractivity contribution is 0.939. The SMILES string of the molecule is C#CNc1ccccc1.c1cn2ncc3c2nc1-3. The van der Waals surface area contributed by atoms with Gasteiger partial charge in [0, 0.05) is 17.9 Å². The molecule has 5 rings (SSSR count). The van der Waals surface area contributed by atoms with Gasteiger partial charge in [0.25, 0.3) is 0 Å². The first kappa shape index (κ1) is 10.4. The van der Waals surface area contributed by atoms with Crippen LogP contribution in [0.4, 0.5) is 5.69 Å². The topological polar surface area (TPSA) is 42.2 Å². The number of hydrogen-bond donors (Lipinski definition) is 1. The van der Waals surface area contributed by atoms with E-state index in [0.29, 0.717) is 0 Å². The van der Waals surface area contributed by atoms with Crippen molar-refractivity contribution in [2.45, 2.75) is 0 Å². The van der Waals surface area contributed by atoms with Crippen molar-refractivity contribution >= 4 is 11.3 Å². The van der Waals surface area contributed by atoms with Crippen molar-refractivity contribution in [2.75, 3.05) is 5.32 Å². The number of terminal acetylenes is 1. The molecule has 4 nitrogen and oxygen atoms in total. The Labute approximate surface area is 104 Å². The summed E-state index contributed by atoms with van der Waals surface area (Å²) in [7, 11) is 0. The van der Waals surface area contributed by atoms with Gasteiger partial charge in [-0.15, -0.1) is 0 Å². The highest BCUT2D eigenvalue weighted by atomic mass is 15.3. The van der Waals surface area contributed by atoms with Crippen LogP contribution in [0.25, 0.3) is 16.9 Å². The van der Waals surface area contributed by atoms with E-state index in [-0.39, 0.29) is 0 Å². The van der Waals surface area contributed by atoms with Crippen molar-refractivity contribution < 1.29 is 0 Å². The van der Waals surface area contributed by atoms with Crippen LogP contribution in [0.2, 0.25) is 0 Å². The van der Waals surface area contributed by atoms with E-state index in [9.17, 15) is 0 Å². The number of benzene rings is 1. The van der Waals surface area contributed by atoms with Crippen molar-refractivity contribution in [1.82, 2.24) is 14.6 Å². The summed E-state index contributed by atoms with van der Waals surface area (Å²) in [5.74, 6) is 0. The Morgan fingerprint density at radius 2 is 2.00 bits per heavy atom. The molecule has 1 N–H and O–H groups in total. The molecule has 0 saturated heterocycles. The van der Waals surface area contributed by atoms with Crippen LogP contribution >= 0.6 is 0 Å². The number of nitrogens with zero attached hydrogens (tertiary/aromatic N) is 3. The summed E-state index contributed by atoms with van der Waals surface area (Å²) >= 11 is 0. The molecule has 0 aliphatic carbocycles. The zero-order valence-corrected chi connectivity index (χ0v) is 9.54. The first-order valence-electron chi connectivity index (χ1n) is 5.50. The smallest absolute Gasteiger partial charge is 0.164 e. The third kappa shape index (κ3) is 1.68. The van der Waals surface area contributed by atoms with Gasteiger partial charge in [-0.1, -0.05) is 24.6 Å². The van der Waals surface area contributed by atoms with E-state index >= 15 is 0 Å². The van der Waals surface area contributed by atoms with Crippen LogP contribution in [-0.2, 0) is 0 Å². The predicted octanol–water partition coefficient (Wildman–Crippen LogP) is 2.40. The molecule has 0 saturated carbocycles. The third-order valence-electron chi connectivity index (χ3n) is 2.64. The first-order valence-corrected chi connectivity index (χ1v) is 5.50. The lowest BCUT2D eigenvalue weighted by Crippen LogP contribution is -1.98. The van der Waals surface area contributed by atoms with Crippen LogP contribution in [0.5, 0.6) is 0 Å². The van der Waals surface area contributed by atoms with Crippen molar-refractivity contribution in [3.05, 3.63) is 48.8 Å². The second kappa shape index (κ2) is 4.22. The highest BCUT2D eigenvalue weighted by molar-refractivity contribution is 5.82. The molecular weight excluding hydrogens is 224 g/mol. The van der Waals surface area contributed by atoms with E-state index in [2.05, 4.69) is 21.4 Å². The molecule has 1 aromatic carbocycles. The standard InChI is InChI=1S/C8H7N.C6H3N3/c1-2-9-8-6-4-3-5-7-8;1-2-9-6-4(3-7-9)5(1)8-6/h1,3-7,9H;1-3H. The largest absolute Gasteiger partial charge is 0.315 e. The molecular formula is C14H10N4. The molecule has 4 bridgehead atoms. The summed E-state index contributed by atoms with van der Waals surface area (Å²) < 4.78 is 1.78. The summed E-state index contributed by atoms with van der Waals surface area (Å²) in [5.41, 5.74) is 4.23. The van der Waals surface area contributed by atoms with Gasteiger partial charge in [0.1, 0.15) is 0 Å². The number of fused-ring (bicyclic) bond motifs is 1. The molecule has 2 aromatic heterocycles. The zero-order chi connectivity index (χ0) is 12.4.